The van der Waals surface area contributed by atoms with Gasteiger partial charge in [-0.25, -0.2) is 29.9 Å². The molecule has 0 bridgehead atoms. The van der Waals surface area contributed by atoms with Gasteiger partial charge in [0.15, 0.2) is 34.9 Å². The van der Waals surface area contributed by atoms with Crippen LogP contribution in [-0.4, -0.2) is 29.9 Å². The van der Waals surface area contributed by atoms with E-state index in [1.165, 1.54) is 168 Å². The SMILES string of the molecule is c1ccc(-c2nc(-c3cccc(-c4cccc5sc6ccc(-c7cc(-c8ccc9sc%10ccc(-c%11nc(-c%12ccccc%12)nc(-c%12cccc(-c%13cccc%14sc%15ccc(-c%16ccc%17ccc%18c%19ccccc%19ccc%18c%17c%16)cc%15c%13%14)c%12)n%11)cc%10c9c8)c8c9c(cccc79)-c7ccccc7-8)cc6c45)c3)nc(-c3ccc4c(c3)sc3ccccc34)n2)cc1. The highest BCUT2D eigenvalue weighted by atomic mass is 32.1. The molecule has 6 nitrogen and oxygen atoms in total. The monoisotopic (exact) mass is 1620 g/mol. The minimum Gasteiger partial charge on any atom is -0.208 e. The Labute approximate surface area is 715 Å². The molecule has 0 radical (unpaired) electrons. The Bertz CT molecular complexity index is 8800. The maximum Gasteiger partial charge on any atom is 0.164 e. The summed E-state index contributed by atoms with van der Waals surface area (Å²) in [5.74, 6) is 3.73. The average molecular weight is 1620 g/mol. The molecular weight excluding hydrogens is 1560 g/mol. The Balaban J connectivity index is 0.572. The summed E-state index contributed by atoms with van der Waals surface area (Å²) in [6, 6.07) is 138. The van der Waals surface area contributed by atoms with E-state index in [9.17, 15) is 0 Å². The lowest BCUT2D eigenvalue weighted by Gasteiger charge is -2.16. The van der Waals surface area contributed by atoms with Crippen LogP contribution in [-0.2, 0) is 0 Å². The number of aromatic nitrogens is 6. The quantitative estimate of drug-likeness (QED) is 0.120. The van der Waals surface area contributed by atoms with Crippen molar-refractivity contribution in [2.45, 2.75) is 0 Å². The molecular formula is C112H62N6S4. The second kappa shape index (κ2) is 27.3. The first-order valence-electron chi connectivity index (χ1n) is 41.1. The van der Waals surface area contributed by atoms with E-state index in [-0.39, 0.29) is 0 Å². The smallest absolute Gasteiger partial charge is 0.164 e. The normalized spacial score (nSPS) is 12.1. The topological polar surface area (TPSA) is 77.3 Å². The standard InChI is InChI=1S/C112H62N6S4/c1-3-19-65(20-4-1)107-113-109(73-25-13-23-69(54-73)78-31-16-36-100-103(78)93-57-68(43-50-98(93)120-100)67-39-38-64-41-47-81-77-27-8-7-18-63(77)40-48-82(81)88(64)56-67)117-111(115-107)75-46-53-97-92(60-75)91-58-72(45-51-96(91)119-97)90-62-89(87-34-15-33-86-80-28-9-10-30-85(80)106(90)105(86)87)71-44-52-99-94(59-71)104-79(32-17-37-101(104)121-99)70-24-14-26-74(55-70)110-114-108(66-21-5-2-6-22-66)116-112(118-110)76-42-49-84-83-29-11-12-35-95(83)122-102(84)61-76/h1-62H. The van der Waals surface area contributed by atoms with Crippen LogP contribution in [0.4, 0.5) is 0 Å². The van der Waals surface area contributed by atoms with Crippen LogP contribution >= 0.6 is 45.3 Å². The van der Waals surface area contributed by atoms with E-state index in [2.05, 4.69) is 352 Å². The Morgan fingerprint density at radius 3 is 1.14 bits per heavy atom. The Hall–Kier alpha value is -14.9. The zero-order chi connectivity index (χ0) is 79.8. The third-order valence-electron chi connectivity index (χ3n) is 24.9. The summed E-state index contributed by atoms with van der Waals surface area (Å²) >= 11 is 7.32. The first-order chi connectivity index (χ1) is 60.4. The summed E-state index contributed by atoms with van der Waals surface area (Å²) in [5, 5.41) is 19.8. The van der Waals surface area contributed by atoms with Crippen molar-refractivity contribution in [3.05, 3.63) is 376 Å². The van der Waals surface area contributed by atoms with Gasteiger partial charge in [0, 0.05) is 114 Å². The molecule has 0 fully saturated rings. The molecule has 26 rings (SSSR count). The third-order valence-corrected chi connectivity index (χ3v) is 29.5. The van der Waals surface area contributed by atoms with E-state index >= 15 is 0 Å². The van der Waals surface area contributed by atoms with Crippen LogP contribution < -0.4 is 0 Å². The van der Waals surface area contributed by atoms with E-state index in [1.54, 1.807) is 11.3 Å². The third kappa shape index (κ3) is 11.1. The predicted molar refractivity (Wildman–Crippen MR) is 519 cm³/mol. The zero-order valence-corrected chi connectivity index (χ0v) is 68.4. The fourth-order valence-electron chi connectivity index (χ4n) is 19.2. The van der Waals surface area contributed by atoms with Gasteiger partial charge in [0.05, 0.1) is 0 Å². The van der Waals surface area contributed by atoms with Gasteiger partial charge in [-0.3, -0.25) is 0 Å². The minimum atomic E-state index is 0.610. The molecule has 0 amide bonds. The second-order valence-electron chi connectivity index (χ2n) is 31.8. The summed E-state index contributed by atoms with van der Waals surface area (Å²) < 4.78 is 9.83. The molecule has 0 saturated heterocycles. The Morgan fingerprint density at radius 2 is 0.492 bits per heavy atom. The number of hydrogen-bond acceptors (Lipinski definition) is 10. The molecule has 0 aliphatic heterocycles. The summed E-state index contributed by atoms with van der Waals surface area (Å²) in [6.45, 7) is 0. The molecule has 0 spiro atoms. The van der Waals surface area contributed by atoms with E-state index in [1.807, 2.05) is 58.3 Å². The average Bonchev–Trinajstić information content (AvgIpc) is 1.55. The van der Waals surface area contributed by atoms with Crippen molar-refractivity contribution in [2.75, 3.05) is 0 Å². The Kier molecular flexibility index (Phi) is 15.5. The maximum absolute atomic E-state index is 5.47. The van der Waals surface area contributed by atoms with Crippen LogP contribution in [0.15, 0.2) is 376 Å². The molecule has 0 N–H and O–H groups in total. The van der Waals surface area contributed by atoms with Gasteiger partial charge in [0.1, 0.15) is 0 Å². The number of benzene rings is 19. The van der Waals surface area contributed by atoms with Crippen LogP contribution in [0.1, 0.15) is 0 Å². The van der Waals surface area contributed by atoms with Crippen LogP contribution in [0.3, 0.4) is 0 Å². The largest absolute Gasteiger partial charge is 0.208 e. The van der Waals surface area contributed by atoms with Gasteiger partial charge in [-0.15, -0.1) is 45.3 Å². The van der Waals surface area contributed by atoms with E-state index in [0.717, 1.165) is 66.6 Å². The van der Waals surface area contributed by atoms with Gasteiger partial charge in [0.25, 0.3) is 0 Å². The highest BCUT2D eigenvalue weighted by Gasteiger charge is 2.29. The van der Waals surface area contributed by atoms with Crippen LogP contribution in [0.2, 0.25) is 0 Å². The van der Waals surface area contributed by atoms with Gasteiger partial charge in [-0.05, 0) is 224 Å². The molecule has 0 atom stereocenters. The zero-order valence-electron chi connectivity index (χ0n) is 65.1. The van der Waals surface area contributed by atoms with Crippen molar-refractivity contribution in [1.82, 2.24) is 29.9 Å². The molecule has 122 heavy (non-hydrogen) atoms. The van der Waals surface area contributed by atoms with Crippen molar-refractivity contribution in [3.8, 4) is 146 Å². The summed E-state index contributed by atoms with van der Waals surface area (Å²) in [7, 11) is 0. The summed E-state index contributed by atoms with van der Waals surface area (Å²) in [6.07, 6.45) is 0. The highest BCUT2D eigenvalue weighted by molar-refractivity contribution is 7.27. The van der Waals surface area contributed by atoms with Crippen LogP contribution in [0.25, 0.3) is 270 Å². The first-order valence-corrected chi connectivity index (χ1v) is 44.3. The molecule has 1 aliphatic carbocycles. The minimum absolute atomic E-state index is 0.610. The highest BCUT2D eigenvalue weighted by Crippen LogP contribution is 2.56. The number of fused-ring (bicyclic) bond motifs is 20. The van der Waals surface area contributed by atoms with Crippen LogP contribution in [0, 0.1) is 0 Å². The first kappa shape index (κ1) is 69.1. The van der Waals surface area contributed by atoms with Crippen molar-refractivity contribution in [2.24, 2.45) is 0 Å². The second-order valence-corrected chi connectivity index (χ2v) is 36.2. The fourth-order valence-corrected chi connectivity index (χ4v) is 23.6. The number of nitrogens with zero attached hydrogens (tertiary/aromatic N) is 6. The maximum atomic E-state index is 5.47. The van der Waals surface area contributed by atoms with Gasteiger partial charge in [-0.2, -0.15) is 0 Å². The number of rotatable bonds is 11. The predicted octanol–water partition coefficient (Wildman–Crippen LogP) is 32.1. The van der Waals surface area contributed by atoms with Gasteiger partial charge in [-0.1, -0.05) is 273 Å². The van der Waals surface area contributed by atoms with E-state index < -0.39 is 0 Å². The lowest BCUT2D eigenvalue weighted by Crippen LogP contribution is -2.00. The number of thiophene rings is 4. The molecule has 25 aromatic rings. The van der Waals surface area contributed by atoms with Crippen molar-refractivity contribution < 1.29 is 0 Å². The van der Waals surface area contributed by atoms with Crippen molar-refractivity contribution in [1.29, 1.82) is 0 Å². The molecule has 0 saturated carbocycles. The fraction of sp³-hybridized carbons (Fsp3) is 0. The molecule has 0 unspecified atom stereocenters. The lowest BCUT2D eigenvalue weighted by molar-refractivity contribution is 1.07. The molecule has 10 heteroatoms. The van der Waals surface area contributed by atoms with Gasteiger partial charge < -0.3 is 0 Å². The molecule has 6 aromatic heterocycles. The molecule has 6 heterocycles. The number of hydrogen-bond donors (Lipinski definition) is 0. The van der Waals surface area contributed by atoms with Crippen LogP contribution in [0.5, 0.6) is 0 Å². The lowest BCUT2D eigenvalue weighted by atomic mass is 9.87. The molecule has 564 valence electrons. The Morgan fingerprint density at radius 1 is 0.139 bits per heavy atom. The van der Waals surface area contributed by atoms with Gasteiger partial charge >= 0.3 is 0 Å². The van der Waals surface area contributed by atoms with Crippen molar-refractivity contribution in [3.63, 3.8) is 0 Å². The molecule has 1 aliphatic rings. The molecule has 19 aromatic carbocycles. The summed E-state index contributed by atoms with van der Waals surface area (Å²) in [5.41, 5.74) is 22.2. The summed E-state index contributed by atoms with van der Waals surface area (Å²) in [4.78, 5) is 31.9. The van der Waals surface area contributed by atoms with Gasteiger partial charge in [0.2, 0.25) is 0 Å². The van der Waals surface area contributed by atoms with E-state index in [0.29, 0.717) is 34.9 Å². The van der Waals surface area contributed by atoms with Crippen molar-refractivity contribution >= 4 is 169 Å². The van der Waals surface area contributed by atoms with E-state index in [4.69, 9.17) is 29.9 Å².